The molecular weight excluding hydrogens is 509 g/mol. The highest BCUT2D eigenvalue weighted by molar-refractivity contribution is 7.92. The van der Waals surface area contributed by atoms with Crippen LogP contribution in [-0.4, -0.2) is 50.0 Å². The Morgan fingerprint density at radius 1 is 1.06 bits per heavy atom. The van der Waals surface area contributed by atoms with Gasteiger partial charge in [-0.15, -0.1) is 0 Å². The van der Waals surface area contributed by atoms with Gasteiger partial charge in [0.15, 0.2) is 0 Å². The van der Waals surface area contributed by atoms with E-state index in [2.05, 4.69) is 5.32 Å². The Hall–Kier alpha value is -2.29. The molecule has 0 spiro atoms. The van der Waals surface area contributed by atoms with Crippen LogP contribution in [0, 0.1) is 6.92 Å². The molecule has 1 N–H and O–H groups in total. The monoisotopic (exact) mass is 539 g/mol. The summed E-state index contributed by atoms with van der Waals surface area (Å²) in [4.78, 5) is 28.1. The Morgan fingerprint density at radius 2 is 1.66 bits per heavy atom. The summed E-state index contributed by atoms with van der Waals surface area (Å²) in [6.45, 7) is 3.08. The lowest BCUT2D eigenvalue weighted by atomic mass is 10.1. The first-order valence-corrected chi connectivity index (χ1v) is 14.1. The van der Waals surface area contributed by atoms with Crippen molar-refractivity contribution in [3.05, 3.63) is 63.6 Å². The van der Waals surface area contributed by atoms with Crippen molar-refractivity contribution < 1.29 is 18.0 Å². The summed E-state index contributed by atoms with van der Waals surface area (Å²) in [6.07, 6.45) is 5.02. The predicted octanol–water partition coefficient (Wildman–Crippen LogP) is 4.54. The van der Waals surface area contributed by atoms with Crippen molar-refractivity contribution in [1.29, 1.82) is 0 Å². The lowest BCUT2D eigenvalue weighted by Gasteiger charge is -2.32. The lowest BCUT2D eigenvalue weighted by Crippen LogP contribution is -2.52. The van der Waals surface area contributed by atoms with Crippen molar-refractivity contribution in [1.82, 2.24) is 10.2 Å². The van der Waals surface area contributed by atoms with Crippen molar-refractivity contribution in [2.75, 3.05) is 17.1 Å². The Bertz CT molecular complexity index is 1170. The number of nitrogens with zero attached hydrogens (tertiary/aromatic N) is 2. The molecule has 0 radical (unpaired) electrons. The van der Waals surface area contributed by atoms with Gasteiger partial charge in [0.05, 0.1) is 11.9 Å². The molecule has 1 aliphatic rings. The molecule has 1 atom stereocenters. The quantitative estimate of drug-likeness (QED) is 0.506. The maximum absolute atomic E-state index is 13.6. The normalized spacial score (nSPS) is 15.0. The van der Waals surface area contributed by atoms with Crippen molar-refractivity contribution in [2.45, 2.75) is 58.2 Å². The number of carbonyl (C=O) groups excluding carboxylic acids is 2. The minimum absolute atomic E-state index is 0.0988. The topological polar surface area (TPSA) is 86.8 Å². The summed E-state index contributed by atoms with van der Waals surface area (Å²) >= 11 is 12.0. The van der Waals surface area contributed by atoms with Crippen molar-refractivity contribution in [3.63, 3.8) is 0 Å². The van der Waals surface area contributed by atoms with E-state index in [9.17, 15) is 18.0 Å². The van der Waals surface area contributed by atoms with Gasteiger partial charge in [-0.1, -0.05) is 48.2 Å². The van der Waals surface area contributed by atoms with Crippen LogP contribution in [0.3, 0.4) is 0 Å². The van der Waals surface area contributed by atoms with Crippen LogP contribution in [0.2, 0.25) is 10.0 Å². The van der Waals surface area contributed by atoms with Crippen LogP contribution in [0.5, 0.6) is 0 Å². The van der Waals surface area contributed by atoms with Gasteiger partial charge in [0.2, 0.25) is 21.8 Å². The third kappa shape index (κ3) is 7.35. The van der Waals surface area contributed by atoms with E-state index < -0.39 is 28.5 Å². The number of hydrogen-bond donors (Lipinski definition) is 1. The summed E-state index contributed by atoms with van der Waals surface area (Å²) < 4.78 is 26.4. The Morgan fingerprint density at radius 3 is 2.23 bits per heavy atom. The fourth-order valence-electron chi connectivity index (χ4n) is 4.25. The Kier molecular flexibility index (Phi) is 9.07. The molecule has 1 aliphatic carbocycles. The molecule has 0 aliphatic heterocycles. The number of benzene rings is 2. The Balaban J connectivity index is 1.89. The van der Waals surface area contributed by atoms with E-state index in [0.717, 1.165) is 41.8 Å². The number of sulfonamides is 1. The van der Waals surface area contributed by atoms with Gasteiger partial charge in [-0.25, -0.2) is 8.42 Å². The van der Waals surface area contributed by atoms with Gasteiger partial charge in [0.25, 0.3) is 0 Å². The minimum Gasteiger partial charge on any atom is -0.352 e. The standard InChI is InChI=1S/C25H31Cl2N3O4S/c1-17-14-21(27)12-13-23(17)30(35(3,33)34)16-24(31)29(15-19-8-10-20(26)11-9-19)18(2)25(32)28-22-6-4-5-7-22/h8-14,18,22H,4-7,15-16H2,1-3H3,(H,28,32). The second-order valence-corrected chi connectivity index (χ2v) is 11.8. The molecular formula is C25H31Cl2N3O4S. The summed E-state index contributed by atoms with van der Waals surface area (Å²) in [5.74, 6) is -0.749. The molecule has 10 heteroatoms. The van der Waals surface area contributed by atoms with Crippen LogP contribution in [0.25, 0.3) is 0 Å². The van der Waals surface area contributed by atoms with Crippen LogP contribution in [0.4, 0.5) is 5.69 Å². The maximum atomic E-state index is 13.6. The first kappa shape index (κ1) is 27.3. The first-order chi connectivity index (χ1) is 16.5. The van der Waals surface area contributed by atoms with Gasteiger partial charge in [-0.05, 0) is 68.1 Å². The van der Waals surface area contributed by atoms with E-state index in [1.54, 1.807) is 56.3 Å². The second-order valence-electron chi connectivity index (χ2n) is 9.01. The van der Waals surface area contributed by atoms with Crippen molar-refractivity contribution in [2.24, 2.45) is 0 Å². The largest absolute Gasteiger partial charge is 0.352 e. The molecule has 1 saturated carbocycles. The number of rotatable bonds is 9. The molecule has 35 heavy (non-hydrogen) atoms. The summed E-state index contributed by atoms with van der Waals surface area (Å²) in [7, 11) is -3.80. The second kappa shape index (κ2) is 11.6. The van der Waals surface area contributed by atoms with E-state index >= 15 is 0 Å². The van der Waals surface area contributed by atoms with Crippen LogP contribution >= 0.6 is 23.2 Å². The fourth-order valence-corrected chi connectivity index (χ4v) is 5.51. The zero-order valence-corrected chi connectivity index (χ0v) is 22.5. The van der Waals surface area contributed by atoms with E-state index in [-0.39, 0.29) is 18.5 Å². The predicted molar refractivity (Wildman–Crippen MR) is 140 cm³/mol. The average molecular weight is 541 g/mol. The highest BCUT2D eigenvalue weighted by atomic mass is 35.5. The molecule has 1 fully saturated rings. The molecule has 2 amide bonds. The number of amides is 2. The molecule has 0 aromatic heterocycles. The summed E-state index contributed by atoms with van der Waals surface area (Å²) in [5.41, 5.74) is 1.75. The van der Waals surface area contributed by atoms with Crippen molar-refractivity contribution >= 4 is 50.7 Å². The van der Waals surface area contributed by atoms with E-state index in [1.807, 2.05) is 0 Å². The minimum atomic E-state index is -3.80. The number of aryl methyl sites for hydroxylation is 1. The molecule has 2 aromatic carbocycles. The number of anilines is 1. The van der Waals surface area contributed by atoms with Gasteiger partial charge in [0, 0.05) is 22.6 Å². The molecule has 3 rings (SSSR count). The molecule has 0 heterocycles. The molecule has 1 unspecified atom stereocenters. The molecule has 7 nitrogen and oxygen atoms in total. The first-order valence-electron chi connectivity index (χ1n) is 11.5. The van der Waals surface area contributed by atoms with Gasteiger partial charge in [0.1, 0.15) is 12.6 Å². The Labute approximate surface area is 217 Å². The van der Waals surface area contributed by atoms with Crippen LogP contribution < -0.4 is 9.62 Å². The maximum Gasteiger partial charge on any atom is 0.244 e. The molecule has 0 saturated heterocycles. The third-order valence-corrected chi connectivity index (χ3v) is 7.86. The van der Waals surface area contributed by atoms with E-state index in [0.29, 0.717) is 21.3 Å². The number of carbonyl (C=O) groups is 2. The smallest absolute Gasteiger partial charge is 0.244 e. The zero-order valence-electron chi connectivity index (χ0n) is 20.1. The highest BCUT2D eigenvalue weighted by Crippen LogP contribution is 2.26. The summed E-state index contributed by atoms with van der Waals surface area (Å²) in [6, 6.07) is 11.1. The van der Waals surface area contributed by atoms with Crippen molar-refractivity contribution in [3.8, 4) is 0 Å². The number of hydrogen-bond acceptors (Lipinski definition) is 4. The van der Waals surface area contributed by atoms with Gasteiger partial charge >= 0.3 is 0 Å². The van der Waals surface area contributed by atoms with E-state index in [4.69, 9.17) is 23.2 Å². The molecule has 190 valence electrons. The SMILES string of the molecule is Cc1cc(Cl)ccc1N(CC(=O)N(Cc1ccc(Cl)cc1)C(C)C(=O)NC1CCCC1)S(C)(=O)=O. The van der Waals surface area contributed by atoms with E-state index in [1.165, 1.54) is 4.90 Å². The van der Waals surface area contributed by atoms with Crippen LogP contribution in [-0.2, 0) is 26.2 Å². The highest BCUT2D eigenvalue weighted by Gasteiger charge is 2.31. The van der Waals surface area contributed by atoms with Gasteiger partial charge in [-0.2, -0.15) is 0 Å². The summed E-state index contributed by atoms with van der Waals surface area (Å²) in [5, 5.41) is 4.06. The van der Waals surface area contributed by atoms with Crippen LogP contribution in [0.1, 0.15) is 43.7 Å². The fraction of sp³-hybridized carbons (Fsp3) is 0.440. The number of nitrogens with one attached hydrogen (secondary N) is 1. The van der Waals surface area contributed by atoms with Gasteiger partial charge in [-0.3, -0.25) is 13.9 Å². The zero-order chi connectivity index (χ0) is 25.8. The third-order valence-electron chi connectivity index (χ3n) is 6.24. The average Bonchev–Trinajstić information content (AvgIpc) is 3.29. The molecule has 0 bridgehead atoms. The molecule has 2 aromatic rings. The van der Waals surface area contributed by atoms with Crippen LogP contribution in [0.15, 0.2) is 42.5 Å². The lowest BCUT2D eigenvalue weighted by molar-refractivity contribution is -0.139. The van der Waals surface area contributed by atoms with Gasteiger partial charge < -0.3 is 10.2 Å². The number of halogens is 2.